The third-order valence-electron chi connectivity index (χ3n) is 5.83. The van der Waals surface area contributed by atoms with Crippen LogP contribution < -0.4 is 20.9 Å². The van der Waals surface area contributed by atoms with Gasteiger partial charge in [-0.1, -0.05) is 18.2 Å². The molecule has 170 valence electrons. The van der Waals surface area contributed by atoms with Crippen molar-refractivity contribution in [3.8, 4) is 34.2 Å². The molecule has 0 unspecified atom stereocenters. The molecule has 0 bridgehead atoms. The number of ether oxygens (including phenoxy) is 1. The molecule has 9 heteroatoms. The molecule has 0 spiro atoms. The number of anilines is 1. The van der Waals surface area contributed by atoms with Crippen molar-refractivity contribution >= 4 is 5.95 Å². The largest absolute Gasteiger partial charge is 0.468 e. The van der Waals surface area contributed by atoms with Gasteiger partial charge in [0.1, 0.15) is 17.6 Å². The summed E-state index contributed by atoms with van der Waals surface area (Å²) in [6, 6.07) is 12.8. The summed E-state index contributed by atoms with van der Waals surface area (Å²) in [5.74, 6) is 0.245. The second kappa shape index (κ2) is 9.40. The minimum Gasteiger partial charge on any atom is -0.468 e. The SMILES string of the molecule is Cn1c(N2CCC(N)CC2)nc(-c2ccc(C#N)c(F)c2)c(-c2ccc(OCO)cc2)c1=O. The summed E-state index contributed by atoms with van der Waals surface area (Å²) < 4.78 is 21.1. The van der Waals surface area contributed by atoms with Crippen LogP contribution >= 0.6 is 0 Å². The fraction of sp³-hybridized carbons (Fsp3) is 0.292. The van der Waals surface area contributed by atoms with Crippen molar-refractivity contribution in [1.29, 1.82) is 5.26 Å². The van der Waals surface area contributed by atoms with Crippen molar-refractivity contribution in [1.82, 2.24) is 9.55 Å². The fourth-order valence-electron chi connectivity index (χ4n) is 3.99. The zero-order valence-electron chi connectivity index (χ0n) is 18.2. The van der Waals surface area contributed by atoms with E-state index in [1.54, 1.807) is 37.4 Å². The van der Waals surface area contributed by atoms with E-state index >= 15 is 0 Å². The predicted octanol–water partition coefficient (Wildman–Crippen LogP) is 2.38. The van der Waals surface area contributed by atoms with Crippen molar-refractivity contribution in [2.45, 2.75) is 18.9 Å². The van der Waals surface area contributed by atoms with E-state index in [0.29, 0.717) is 47.2 Å². The lowest BCUT2D eigenvalue weighted by Crippen LogP contribution is -2.42. The van der Waals surface area contributed by atoms with Crippen LogP contribution in [0.5, 0.6) is 5.75 Å². The maximum atomic E-state index is 14.5. The maximum absolute atomic E-state index is 14.5. The number of benzene rings is 2. The minimum atomic E-state index is -0.680. The number of aliphatic hydroxyl groups excluding tert-OH is 1. The molecule has 0 saturated carbocycles. The molecule has 0 atom stereocenters. The van der Waals surface area contributed by atoms with Gasteiger partial charge in [-0.25, -0.2) is 9.37 Å². The molecule has 0 amide bonds. The number of aliphatic hydroxyl groups is 1. The number of nitrogens with zero attached hydrogens (tertiary/aromatic N) is 4. The molecule has 1 aromatic heterocycles. The van der Waals surface area contributed by atoms with Crippen LogP contribution in [0.1, 0.15) is 18.4 Å². The lowest BCUT2D eigenvalue weighted by atomic mass is 9.99. The summed E-state index contributed by atoms with van der Waals surface area (Å²) in [4.78, 5) is 20.4. The van der Waals surface area contributed by atoms with E-state index in [4.69, 9.17) is 25.8 Å². The second-order valence-corrected chi connectivity index (χ2v) is 7.93. The van der Waals surface area contributed by atoms with Crippen LogP contribution in [0.25, 0.3) is 22.4 Å². The Morgan fingerprint density at radius 2 is 1.88 bits per heavy atom. The van der Waals surface area contributed by atoms with Gasteiger partial charge in [0.25, 0.3) is 5.56 Å². The Bertz CT molecular complexity index is 1260. The van der Waals surface area contributed by atoms with Gasteiger partial charge in [0, 0.05) is 31.7 Å². The van der Waals surface area contributed by atoms with Crippen LogP contribution in [0, 0.1) is 17.1 Å². The van der Waals surface area contributed by atoms with Crippen LogP contribution in [0.4, 0.5) is 10.3 Å². The molecule has 1 aliphatic rings. The minimum absolute atomic E-state index is 0.0834. The van der Waals surface area contributed by atoms with Gasteiger partial charge in [-0.05, 0) is 42.7 Å². The third-order valence-corrected chi connectivity index (χ3v) is 5.83. The molecule has 0 radical (unpaired) electrons. The number of aromatic nitrogens is 2. The highest BCUT2D eigenvalue weighted by atomic mass is 19.1. The van der Waals surface area contributed by atoms with Crippen LogP contribution in [-0.4, -0.2) is 40.6 Å². The average molecular weight is 449 g/mol. The van der Waals surface area contributed by atoms with E-state index in [0.717, 1.165) is 12.8 Å². The molecule has 8 nitrogen and oxygen atoms in total. The zero-order chi connectivity index (χ0) is 23.5. The van der Waals surface area contributed by atoms with Crippen molar-refractivity contribution in [3.63, 3.8) is 0 Å². The molecule has 3 N–H and O–H groups in total. The Labute approximate surface area is 190 Å². The number of hydrogen-bond acceptors (Lipinski definition) is 7. The standard InChI is InChI=1S/C24H24FN5O3/c1-29-23(32)21(15-4-6-19(7-5-15)33-14-31)22(16-2-3-17(13-26)20(25)12-16)28-24(29)30-10-8-18(27)9-11-30/h2-7,12,18,31H,8-11,14,27H2,1H3. The number of hydrogen-bond donors (Lipinski definition) is 2. The third kappa shape index (κ3) is 4.44. The summed E-state index contributed by atoms with van der Waals surface area (Å²) >= 11 is 0. The van der Waals surface area contributed by atoms with Crippen molar-refractivity contribution in [2.75, 3.05) is 24.8 Å². The molecule has 1 aliphatic heterocycles. The van der Waals surface area contributed by atoms with E-state index in [9.17, 15) is 9.18 Å². The first-order chi connectivity index (χ1) is 15.9. The molecule has 2 heterocycles. The average Bonchev–Trinajstić information content (AvgIpc) is 2.82. The lowest BCUT2D eigenvalue weighted by molar-refractivity contribution is 0.0985. The summed E-state index contributed by atoms with van der Waals surface area (Å²) in [6.07, 6.45) is 1.57. The van der Waals surface area contributed by atoms with E-state index in [1.807, 2.05) is 11.0 Å². The van der Waals surface area contributed by atoms with Gasteiger partial charge in [0.2, 0.25) is 5.95 Å². The Balaban J connectivity index is 1.91. The van der Waals surface area contributed by atoms with E-state index in [-0.39, 0.29) is 17.2 Å². The molecular weight excluding hydrogens is 425 g/mol. The number of rotatable bonds is 5. The Kier molecular flexibility index (Phi) is 6.40. The molecule has 33 heavy (non-hydrogen) atoms. The molecular formula is C24H24FN5O3. The van der Waals surface area contributed by atoms with Gasteiger partial charge in [0.15, 0.2) is 6.79 Å². The molecule has 3 aromatic rings. The van der Waals surface area contributed by atoms with Gasteiger partial charge < -0.3 is 20.5 Å². The van der Waals surface area contributed by atoms with Crippen molar-refractivity contribution < 1.29 is 14.2 Å². The Morgan fingerprint density at radius 3 is 2.48 bits per heavy atom. The first kappa shape index (κ1) is 22.5. The van der Waals surface area contributed by atoms with E-state index in [2.05, 4.69) is 0 Å². The predicted molar refractivity (Wildman–Crippen MR) is 122 cm³/mol. The van der Waals surface area contributed by atoms with E-state index in [1.165, 1.54) is 16.7 Å². The Hall–Kier alpha value is -3.74. The van der Waals surface area contributed by atoms with Crippen molar-refractivity contribution in [3.05, 3.63) is 64.2 Å². The molecule has 0 aliphatic carbocycles. The highest BCUT2D eigenvalue weighted by Gasteiger charge is 2.24. The summed E-state index contributed by atoms with van der Waals surface area (Å²) in [5.41, 5.74) is 7.25. The Morgan fingerprint density at radius 1 is 1.21 bits per heavy atom. The van der Waals surface area contributed by atoms with Gasteiger partial charge in [-0.15, -0.1) is 0 Å². The monoisotopic (exact) mass is 449 g/mol. The van der Waals surface area contributed by atoms with Gasteiger partial charge in [-0.2, -0.15) is 5.26 Å². The van der Waals surface area contributed by atoms with Crippen LogP contribution in [0.15, 0.2) is 47.3 Å². The van der Waals surface area contributed by atoms with Crippen LogP contribution in [-0.2, 0) is 7.05 Å². The number of piperidine rings is 1. The maximum Gasteiger partial charge on any atom is 0.263 e. The highest BCUT2D eigenvalue weighted by molar-refractivity contribution is 5.81. The smallest absolute Gasteiger partial charge is 0.263 e. The summed E-state index contributed by atoms with van der Waals surface area (Å²) in [5, 5.41) is 18.1. The van der Waals surface area contributed by atoms with Gasteiger partial charge in [0.05, 0.1) is 16.8 Å². The lowest BCUT2D eigenvalue weighted by Gasteiger charge is -2.32. The van der Waals surface area contributed by atoms with E-state index < -0.39 is 12.6 Å². The van der Waals surface area contributed by atoms with Gasteiger partial charge >= 0.3 is 0 Å². The zero-order valence-corrected chi connectivity index (χ0v) is 18.2. The highest BCUT2D eigenvalue weighted by Crippen LogP contribution is 2.32. The molecule has 4 rings (SSSR count). The summed E-state index contributed by atoms with van der Waals surface area (Å²) in [7, 11) is 1.66. The quantitative estimate of drug-likeness (QED) is 0.574. The van der Waals surface area contributed by atoms with Crippen LogP contribution in [0.3, 0.4) is 0 Å². The molecule has 1 saturated heterocycles. The van der Waals surface area contributed by atoms with Gasteiger partial charge in [-0.3, -0.25) is 9.36 Å². The fourth-order valence-corrected chi connectivity index (χ4v) is 3.99. The molecule has 1 fully saturated rings. The second-order valence-electron chi connectivity index (χ2n) is 7.93. The van der Waals surface area contributed by atoms with Crippen molar-refractivity contribution in [2.24, 2.45) is 12.8 Å². The number of halogens is 1. The molecule has 2 aromatic carbocycles. The van der Waals surface area contributed by atoms with Crippen LogP contribution in [0.2, 0.25) is 0 Å². The summed E-state index contributed by atoms with van der Waals surface area (Å²) in [6.45, 7) is 0.858. The first-order valence-corrected chi connectivity index (χ1v) is 10.6. The normalized spacial score (nSPS) is 14.2. The first-order valence-electron chi connectivity index (χ1n) is 10.6. The topological polar surface area (TPSA) is 117 Å². The number of nitriles is 1. The number of nitrogens with two attached hydrogens (primary N) is 1.